The molecule has 0 fully saturated rings. The number of hydrogen-bond acceptors (Lipinski definition) is 6. The second kappa shape index (κ2) is 8.15. The molecule has 0 unspecified atom stereocenters. The first-order valence-corrected chi connectivity index (χ1v) is 9.39. The van der Waals surface area contributed by atoms with Crippen LogP contribution in [0.4, 0.5) is 11.4 Å². The topological polar surface area (TPSA) is 108 Å². The number of amides is 2. The molecule has 2 atom stereocenters. The summed E-state index contributed by atoms with van der Waals surface area (Å²) >= 11 is 1.41. The molecule has 0 saturated heterocycles. The van der Waals surface area contributed by atoms with E-state index >= 15 is 0 Å². The predicted molar refractivity (Wildman–Crippen MR) is 105 cm³/mol. The summed E-state index contributed by atoms with van der Waals surface area (Å²) in [6.07, 6.45) is -1.07. The second-order valence-corrected chi connectivity index (χ2v) is 7.54. The Labute approximate surface area is 166 Å². The molecule has 28 heavy (non-hydrogen) atoms. The predicted octanol–water partition coefficient (Wildman–Crippen LogP) is 3.17. The molecule has 1 aliphatic rings. The lowest BCUT2D eigenvalue weighted by Gasteiger charge is -2.22. The Balaban J connectivity index is 1.67. The number of ether oxygens (including phenoxy) is 1. The second-order valence-electron chi connectivity index (χ2n) is 6.15. The first-order valence-electron chi connectivity index (χ1n) is 8.51. The summed E-state index contributed by atoms with van der Waals surface area (Å²) in [4.78, 5) is 37.4. The molecule has 0 radical (unpaired) electrons. The standard InChI is InChI=1S/C20H17N3O4S/c1-11(18(24)22-15-6-4-3-5-14(15)10-21)27-20(26)13-7-8-17-16(9-13)23-19(25)12(2)28-17/h3-9,11-12H,1-2H3,(H,22,24)(H,23,25)/t11-,12-/m1/s1. The van der Waals surface area contributed by atoms with E-state index in [4.69, 9.17) is 10.00 Å². The van der Waals surface area contributed by atoms with Gasteiger partial charge in [0.05, 0.1) is 27.8 Å². The average molecular weight is 395 g/mol. The third kappa shape index (κ3) is 4.15. The van der Waals surface area contributed by atoms with E-state index in [-0.39, 0.29) is 16.7 Å². The number of thioether (sulfide) groups is 1. The largest absolute Gasteiger partial charge is 0.449 e. The van der Waals surface area contributed by atoms with Gasteiger partial charge in [-0.15, -0.1) is 11.8 Å². The van der Waals surface area contributed by atoms with Crippen LogP contribution in [0, 0.1) is 11.3 Å². The van der Waals surface area contributed by atoms with Gasteiger partial charge in [-0.1, -0.05) is 12.1 Å². The lowest BCUT2D eigenvalue weighted by molar-refractivity contribution is -0.123. The van der Waals surface area contributed by atoms with Gasteiger partial charge in [0.15, 0.2) is 6.10 Å². The molecule has 0 saturated carbocycles. The normalized spacial score (nSPS) is 16.2. The summed E-state index contributed by atoms with van der Waals surface area (Å²) in [6.45, 7) is 3.25. The Hall–Kier alpha value is -3.31. The summed E-state index contributed by atoms with van der Waals surface area (Å²) in [6, 6.07) is 13.4. The molecule has 0 spiro atoms. The van der Waals surface area contributed by atoms with Crippen LogP contribution in [0.5, 0.6) is 0 Å². The van der Waals surface area contributed by atoms with E-state index < -0.39 is 18.0 Å². The van der Waals surface area contributed by atoms with Crippen LogP contribution in [-0.2, 0) is 14.3 Å². The van der Waals surface area contributed by atoms with Gasteiger partial charge < -0.3 is 15.4 Å². The van der Waals surface area contributed by atoms with Gasteiger partial charge in [-0.05, 0) is 44.2 Å². The summed E-state index contributed by atoms with van der Waals surface area (Å²) in [5.74, 6) is -1.37. The van der Waals surface area contributed by atoms with E-state index in [1.54, 1.807) is 43.3 Å². The molecule has 142 valence electrons. The maximum absolute atomic E-state index is 12.4. The van der Waals surface area contributed by atoms with E-state index in [9.17, 15) is 14.4 Å². The molecule has 7 nitrogen and oxygen atoms in total. The fraction of sp³-hybridized carbons (Fsp3) is 0.200. The summed E-state index contributed by atoms with van der Waals surface area (Å²) < 4.78 is 5.23. The number of nitriles is 1. The zero-order chi connectivity index (χ0) is 20.3. The van der Waals surface area contributed by atoms with Gasteiger partial charge in [-0.3, -0.25) is 9.59 Å². The number of carbonyl (C=O) groups is 3. The van der Waals surface area contributed by atoms with Crippen LogP contribution in [-0.4, -0.2) is 29.1 Å². The number of hydrogen-bond donors (Lipinski definition) is 2. The summed E-state index contributed by atoms with van der Waals surface area (Å²) in [5.41, 5.74) is 1.43. The van der Waals surface area contributed by atoms with Crippen LogP contribution >= 0.6 is 11.8 Å². The van der Waals surface area contributed by atoms with Crippen molar-refractivity contribution >= 4 is 40.9 Å². The first-order chi connectivity index (χ1) is 13.4. The van der Waals surface area contributed by atoms with Gasteiger partial charge in [-0.2, -0.15) is 5.26 Å². The third-order valence-electron chi connectivity index (χ3n) is 4.10. The molecule has 1 aliphatic heterocycles. The Morgan fingerprint density at radius 3 is 2.79 bits per heavy atom. The fourth-order valence-corrected chi connectivity index (χ4v) is 3.47. The first kappa shape index (κ1) is 19.5. The highest BCUT2D eigenvalue weighted by Crippen LogP contribution is 2.36. The van der Waals surface area contributed by atoms with Gasteiger partial charge >= 0.3 is 5.97 Å². The molecule has 2 aromatic rings. The number of anilines is 2. The van der Waals surface area contributed by atoms with Gasteiger partial charge in [0.25, 0.3) is 5.91 Å². The molecule has 2 aromatic carbocycles. The fourth-order valence-electron chi connectivity index (χ4n) is 2.54. The molecule has 1 heterocycles. The third-order valence-corrected chi connectivity index (χ3v) is 5.28. The van der Waals surface area contributed by atoms with Crippen molar-refractivity contribution in [2.75, 3.05) is 10.6 Å². The number of nitrogens with one attached hydrogen (secondary N) is 2. The van der Waals surface area contributed by atoms with Gasteiger partial charge in [0.1, 0.15) is 6.07 Å². The molecule has 2 amide bonds. The maximum Gasteiger partial charge on any atom is 0.338 e. The number of benzene rings is 2. The molecule has 2 N–H and O–H groups in total. The van der Waals surface area contributed by atoms with Gasteiger partial charge in [0, 0.05) is 4.90 Å². The van der Waals surface area contributed by atoms with Crippen molar-refractivity contribution in [1.82, 2.24) is 0 Å². The number of rotatable bonds is 4. The zero-order valence-electron chi connectivity index (χ0n) is 15.2. The van der Waals surface area contributed by atoms with E-state index in [0.29, 0.717) is 16.9 Å². The van der Waals surface area contributed by atoms with E-state index in [2.05, 4.69) is 10.6 Å². The maximum atomic E-state index is 12.4. The highest BCUT2D eigenvalue weighted by molar-refractivity contribution is 8.00. The SMILES string of the molecule is C[C@@H](OC(=O)c1ccc2c(c1)NC(=O)[C@@H](C)S2)C(=O)Nc1ccccc1C#N. The average Bonchev–Trinajstić information content (AvgIpc) is 2.68. The van der Waals surface area contributed by atoms with Crippen LogP contribution in [0.3, 0.4) is 0 Å². The minimum Gasteiger partial charge on any atom is -0.449 e. The van der Waals surface area contributed by atoms with Gasteiger partial charge in [-0.25, -0.2) is 4.79 Å². The van der Waals surface area contributed by atoms with E-state index in [0.717, 1.165) is 4.90 Å². The number of carbonyl (C=O) groups excluding carboxylic acids is 3. The molecule has 0 bridgehead atoms. The number of fused-ring (bicyclic) bond motifs is 1. The molecular formula is C20H17N3O4S. The molecule has 8 heteroatoms. The monoisotopic (exact) mass is 395 g/mol. The Morgan fingerprint density at radius 1 is 1.29 bits per heavy atom. The lowest BCUT2D eigenvalue weighted by atomic mass is 10.2. The quantitative estimate of drug-likeness (QED) is 0.770. The minimum absolute atomic E-state index is 0.132. The van der Waals surface area contributed by atoms with Crippen LogP contribution in [0.1, 0.15) is 29.8 Å². The van der Waals surface area contributed by atoms with E-state index in [1.807, 2.05) is 6.07 Å². The van der Waals surface area contributed by atoms with Crippen molar-refractivity contribution in [2.24, 2.45) is 0 Å². The number of nitrogens with zero attached hydrogens (tertiary/aromatic N) is 1. The zero-order valence-corrected chi connectivity index (χ0v) is 16.0. The van der Waals surface area contributed by atoms with Crippen LogP contribution < -0.4 is 10.6 Å². The lowest BCUT2D eigenvalue weighted by Crippen LogP contribution is -2.30. The minimum atomic E-state index is -1.07. The van der Waals surface area contributed by atoms with Crippen LogP contribution in [0.15, 0.2) is 47.4 Å². The van der Waals surface area contributed by atoms with Crippen molar-refractivity contribution in [3.8, 4) is 6.07 Å². The molecular weight excluding hydrogens is 378 g/mol. The van der Waals surface area contributed by atoms with Gasteiger partial charge in [0.2, 0.25) is 5.91 Å². The van der Waals surface area contributed by atoms with Crippen molar-refractivity contribution in [3.05, 3.63) is 53.6 Å². The number of para-hydroxylation sites is 1. The Bertz CT molecular complexity index is 999. The van der Waals surface area contributed by atoms with Crippen LogP contribution in [0.2, 0.25) is 0 Å². The van der Waals surface area contributed by atoms with Crippen molar-refractivity contribution in [3.63, 3.8) is 0 Å². The smallest absolute Gasteiger partial charge is 0.338 e. The summed E-state index contributed by atoms with van der Waals surface area (Å²) in [7, 11) is 0. The van der Waals surface area contributed by atoms with E-state index in [1.165, 1.54) is 24.8 Å². The Kier molecular flexibility index (Phi) is 5.66. The summed E-state index contributed by atoms with van der Waals surface area (Å²) in [5, 5.41) is 14.2. The molecule has 0 aromatic heterocycles. The molecule has 0 aliphatic carbocycles. The highest BCUT2D eigenvalue weighted by Gasteiger charge is 2.25. The highest BCUT2D eigenvalue weighted by atomic mass is 32.2. The van der Waals surface area contributed by atoms with Crippen LogP contribution in [0.25, 0.3) is 0 Å². The van der Waals surface area contributed by atoms with Crippen molar-refractivity contribution in [1.29, 1.82) is 5.26 Å². The number of esters is 1. The Morgan fingerprint density at radius 2 is 2.04 bits per heavy atom. The molecule has 3 rings (SSSR count). The van der Waals surface area contributed by atoms with Crippen molar-refractivity contribution < 1.29 is 19.1 Å². The van der Waals surface area contributed by atoms with Crippen molar-refractivity contribution in [2.45, 2.75) is 30.1 Å².